The van der Waals surface area contributed by atoms with Gasteiger partial charge < -0.3 is 19.9 Å². The SMILES string of the molecule is CN=C(NCC1CCN(C2CC2)C1)N(C)Cc1ccc(OC(F)F)cc1.I. The lowest BCUT2D eigenvalue weighted by Gasteiger charge is -2.24. The summed E-state index contributed by atoms with van der Waals surface area (Å²) < 4.78 is 28.8. The number of hydrogen-bond acceptors (Lipinski definition) is 3. The van der Waals surface area contributed by atoms with Crippen LogP contribution in [-0.2, 0) is 6.54 Å². The van der Waals surface area contributed by atoms with Gasteiger partial charge in [0.15, 0.2) is 5.96 Å². The van der Waals surface area contributed by atoms with Gasteiger partial charge in [-0.05, 0) is 49.4 Å². The number of ether oxygens (including phenoxy) is 1. The third kappa shape index (κ3) is 6.74. The second-order valence-electron chi connectivity index (χ2n) is 7.19. The molecule has 1 atom stereocenters. The molecule has 1 saturated heterocycles. The van der Waals surface area contributed by atoms with Gasteiger partial charge >= 0.3 is 6.61 Å². The van der Waals surface area contributed by atoms with E-state index in [-0.39, 0.29) is 29.7 Å². The van der Waals surface area contributed by atoms with Gasteiger partial charge in [-0.3, -0.25) is 4.99 Å². The van der Waals surface area contributed by atoms with E-state index in [1.807, 2.05) is 11.9 Å². The minimum absolute atomic E-state index is 0. The summed E-state index contributed by atoms with van der Waals surface area (Å²) >= 11 is 0. The minimum Gasteiger partial charge on any atom is -0.435 e. The summed E-state index contributed by atoms with van der Waals surface area (Å²) in [6, 6.07) is 7.57. The van der Waals surface area contributed by atoms with Gasteiger partial charge in [-0.25, -0.2) is 0 Å². The standard InChI is InChI=1S/C19H28F2N4O.HI/c1-22-19(23-11-15-9-10-25(13-15)16-5-6-16)24(2)12-14-3-7-17(8-4-14)26-18(20)21;/h3-4,7-8,15-16,18H,5-6,9-13H2,1-2H3,(H,22,23);1H. The largest absolute Gasteiger partial charge is 0.435 e. The molecule has 2 aliphatic rings. The summed E-state index contributed by atoms with van der Waals surface area (Å²) in [5, 5.41) is 3.47. The van der Waals surface area contributed by atoms with E-state index in [4.69, 9.17) is 0 Å². The Morgan fingerprint density at radius 1 is 1.30 bits per heavy atom. The van der Waals surface area contributed by atoms with E-state index in [1.165, 1.54) is 32.4 Å². The van der Waals surface area contributed by atoms with Crippen molar-refractivity contribution >= 4 is 29.9 Å². The summed E-state index contributed by atoms with van der Waals surface area (Å²) in [6.07, 6.45) is 3.98. The lowest BCUT2D eigenvalue weighted by atomic mass is 10.1. The first-order chi connectivity index (χ1) is 12.5. The third-order valence-electron chi connectivity index (χ3n) is 5.07. The molecule has 1 saturated carbocycles. The first-order valence-corrected chi connectivity index (χ1v) is 9.24. The van der Waals surface area contributed by atoms with Gasteiger partial charge in [0.05, 0.1) is 0 Å². The number of nitrogens with one attached hydrogen (secondary N) is 1. The Hall–Kier alpha value is -1.16. The Labute approximate surface area is 177 Å². The summed E-state index contributed by atoms with van der Waals surface area (Å²) in [4.78, 5) is 9.01. The number of likely N-dealkylation sites (tertiary alicyclic amines) is 1. The van der Waals surface area contributed by atoms with Gasteiger partial charge in [0.25, 0.3) is 0 Å². The van der Waals surface area contributed by atoms with Gasteiger partial charge in [-0.15, -0.1) is 24.0 Å². The Morgan fingerprint density at radius 2 is 2.00 bits per heavy atom. The number of guanidine groups is 1. The average molecular weight is 494 g/mol. The highest BCUT2D eigenvalue weighted by molar-refractivity contribution is 14.0. The zero-order chi connectivity index (χ0) is 18.5. The predicted octanol–water partition coefficient (Wildman–Crippen LogP) is 3.40. The maximum atomic E-state index is 12.2. The fourth-order valence-electron chi connectivity index (χ4n) is 3.55. The number of nitrogens with zero attached hydrogens (tertiary/aromatic N) is 3. The van der Waals surface area contributed by atoms with Crippen LogP contribution in [0.4, 0.5) is 8.78 Å². The Kier molecular flexibility index (Phi) is 8.53. The van der Waals surface area contributed by atoms with Crippen LogP contribution in [-0.4, -0.2) is 62.1 Å². The molecule has 0 amide bonds. The van der Waals surface area contributed by atoms with E-state index >= 15 is 0 Å². The van der Waals surface area contributed by atoms with Crippen LogP contribution in [0.15, 0.2) is 29.3 Å². The van der Waals surface area contributed by atoms with E-state index in [2.05, 4.69) is 19.9 Å². The van der Waals surface area contributed by atoms with Crippen LogP contribution in [0, 0.1) is 5.92 Å². The van der Waals surface area contributed by atoms with Crippen LogP contribution in [0.1, 0.15) is 24.8 Å². The molecule has 8 heteroatoms. The highest BCUT2D eigenvalue weighted by Crippen LogP contribution is 2.31. The molecule has 27 heavy (non-hydrogen) atoms. The molecule has 1 heterocycles. The fraction of sp³-hybridized carbons (Fsp3) is 0.632. The van der Waals surface area contributed by atoms with Crippen molar-refractivity contribution in [2.24, 2.45) is 10.9 Å². The molecule has 3 rings (SSSR count). The quantitative estimate of drug-likeness (QED) is 0.359. The summed E-state index contributed by atoms with van der Waals surface area (Å²) in [7, 11) is 3.76. The number of rotatable bonds is 7. The Bertz CT molecular complexity index is 610. The first-order valence-electron chi connectivity index (χ1n) is 9.24. The van der Waals surface area contributed by atoms with E-state index in [0.717, 1.165) is 24.1 Å². The van der Waals surface area contributed by atoms with Crippen LogP contribution in [0.2, 0.25) is 0 Å². The smallest absolute Gasteiger partial charge is 0.387 e. The number of benzene rings is 1. The molecule has 1 unspecified atom stereocenters. The van der Waals surface area contributed by atoms with Gasteiger partial charge in [0, 0.05) is 39.8 Å². The molecule has 1 aliphatic carbocycles. The maximum Gasteiger partial charge on any atom is 0.387 e. The van der Waals surface area contributed by atoms with Gasteiger partial charge in [0.2, 0.25) is 0 Å². The number of halogens is 3. The minimum atomic E-state index is -2.79. The molecule has 0 radical (unpaired) electrons. The summed E-state index contributed by atoms with van der Waals surface area (Å²) in [5.41, 5.74) is 1.01. The van der Waals surface area contributed by atoms with Crippen molar-refractivity contribution < 1.29 is 13.5 Å². The van der Waals surface area contributed by atoms with E-state index < -0.39 is 6.61 Å². The second-order valence-corrected chi connectivity index (χ2v) is 7.19. The van der Waals surface area contributed by atoms with Crippen molar-refractivity contribution in [2.75, 3.05) is 33.7 Å². The second kappa shape index (κ2) is 10.4. The lowest BCUT2D eigenvalue weighted by molar-refractivity contribution is -0.0498. The van der Waals surface area contributed by atoms with Crippen molar-refractivity contribution in [1.82, 2.24) is 15.1 Å². The topological polar surface area (TPSA) is 40.1 Å². The van der Waals surface area contributed by atoms with E-state index in [0.29, 0.717) is 12.5 Å². The number of aliphatic imine (C=N–C) groups is 1. The predicted molar refractivity (Wildman–Crippen MR) is 114 cm³/mol. The fourth-order valence-corrected chi connectivity index (χ4v) is 3.55. The molecule has 1 aromatic carbocycles. The zero-order valence-electron chi connectivity index (χ0n) is 15.9. The maximum absolute atomic E-state index is 12.2. The van der Waals surface area contributed by atoms with Crippen molar-refractivity contribution in [3.8, 4) is 5.75 Å². The van der Waals surface area contributed by atoms with Crippen molar-refractivity contribution in [1.29, 1.82) is 0 Å². The summed E-state index contributed by atoms with van der Waals surface area (Å²) in [5.74, 6) is 1.70. The Morgan fingerprint density at radius 3 is 2.59 bits per heavy atom. The van der Waals surface area contributed by atoms with Crippen LogP contribution >= 0.6 is 24.0 Å². The molecule has 1 aromatic rings. The van der Waals surface area contributed by atoms with Crippen molar-refractivity contribution in [3.63, 3.8) is 0 Å². The molecule has 5 nitrogen and oxygen atoms in total. The summed E-state index contributed by atoms with van der Waals surface area (Å²) in [6.45, 7) is 1.19. The normalized spacial score (nSPS) is 20.5. The van der Waals surface area contributed by atoms with E-state index in [9.17, 15) is 8.78 Å². The average Bonchev–Trinajstić information content (AvgIpc) is 3.36. The van der Waals surface area contributed by atoms with Crippen LogP contribution in [0.25, 0.3) is 0 Å². The van der Waals surface area contributed by atoms with Gasteiger partial charge in [-0.2, -0.15) is 8.78 Å². The lowest BCUT2D eigenvalue weighted by Crippen LogP contribution is -2.41. The van der Waals surface area contributed by atoms with E-state index in [1.54, 1.807) is 31.3 Å². The molecular weight excluding hydrogens is 465 g/mol. The highest BCUT2D eigenvalue weighted by Gasteiger charge is 2.34. The molecular formula is C19H29F2IN4O. The third-order valence-corrected chi connectivity index (χ3v) is 5.07. The highest BCUT2D eigenvalue weighted by atomic mass is 127. The van der Waals surface area contributed by atoms with Crippen LogP contribution in [0.3, 0.4) is 0 Å². The van der Waals surface area contributed by atoms with Crippen molar-refractivity contribution in [3.05, 3.63) is 29.8 Å². The van der Waals surface area contributed by atoms with Crippen molar-refractivity contribution in [2.45, 2.75) is 38.5 Å². The number of hydrogen-bond donors (Lipinski definition) is 1. The monoisotopic (exact) mass is 494 g/mol. The van der Waals surface area contributed by atoms with Gasteiger partial charge in [0.1, 0.15) is 5.75 Å². The molecule has 0 aromatic heterocycles. The van der Waals surface area contributed by atoms with Crippen LogP contribution in [0.5, 0.6) is 5.75 Å². The molecule has 152 valence electrons. The molecule has 0 spiro atoms. The molecule has 2 fully saturated rings. The van der Waals surface area contributed by atoms with Gasteiger partial charge in [-0.1, -0.05) is 12.1 Å². The molecule has 1 N–H and O–H groups in total. The molecule has 0 bridgehead atoms. The number of alkyl halides is 2. The molecule has 1 aliphatic heterocycles. The zero-order valence-corrected chi connectivity index (χ0v) is 18.2. The van der Waals surface area contributed by atoms with Crippen LogP contribution < -0.4 is 10.1 Å². The Balaban J connectivity index is 0.00000261. The first kappa shape index (κ1) is 22.1.